The molecule has 3 nitrogen and oxygen atoms in total. The molecule has 1 heterocycles. The van der Waals surface area contributed by atoms with Crippen molar-refractivity contribution in [2.45, 2.75) is 12.5 Å². The summed E-state index contributed by atoms with van der Waals surface area (Å²) in [7, 11) is 4.07. The molecular formula is C8H15N3S. The summed E-state index contributed by atoms with van der Waals surface area (Å²) in [6.45, 7) is 0.928. The molecule has 0 aliphatic rings. The van der Waals surface area contributed by atoms with Gasteiger partial charge >= 0.3 is 0 Å². The molecule has 0 saturated heterocycles. The van der Waals surface area contributed by atoms with Crippen LogP contribution in [-0.2, 0) is 6.42 Å². The normalized spacial score (nSPS) is 13.7. The third kappa shape index (κ3) is 3.30. The van der Waals surface area contributed by atoms with E-state index in [0.29, 0.717) is 0 Å². The topological polar surface area (TPSA) is 42.1 Å². The number of aromatic nitrogens is 1. The second-order valence-electron chi connectivity index (χ2n) is 3.19. The molecular weight excluding hydrogens is 170 g/mol. The molecule has 0 aromatic carbocycles. The number of nitrogens with zero attached hydrogens (tertiary/aromatic N) is 2. The van der Waals surface area contributed by atoms with Crippen molar-refractivity contribution in [3.05, 3.63) is 16.6 Å². The van der Waals surface area contributed by atoms with E-state index in [0.717, 1.165) is 13.0 Å². The zero-order valence-corrected chi connectivity index (χ0v) is 8.34. The van der Waals surface area contributed by atoms with Gasteiger partial charge in [-0.2, -0.15) is 0 Å². The van der Waals surface area contributed by atoms with E-state index < -0.39 is 0 Å². The van der Waals surface area contributed by atoms with Crippen molar-refractivity contribution in [3.8, 4) is 0 Å². The van der Waals surface area contributed by atoms with Gasteiger partial charge in [-0.05, 0) is 20.5 Å². The van der Waals surface area contributed by atoms with Gasteiger partial charge in [0.25, 0.3) is 0 Å². The lowest BCUT2D eigenvalue weighted by Gasteiger charge is -2.15. The van der Waals surface area contributed by atoms with Crippen LogP contribution < -0.4 is 5.73 Å². The molecule has 0 radical (unpaired) electrons. The number of thiazole rings is 1. The molecule has 0 aliphatic heterocycles. The lowest BCUT2D eigenvalue weighted by molar-refractivity contribution is 0.372. The molecule has 1 rings (SSSR count). The number of hydrogen-bond acceptors (Lipinski definition) is 4. The highest BCUT2D eigenvalue weighted by molar-refractivity contribution is 7.09. The molecule has 4 heteroatoms. The SMILES string of the molecule is CN(C)CC(N)Cc1cncs1. The molecule has 2 N–H and O–H groups in total. The molecule has 68 valence electrons. The van der Waals surface area contributed by atoms with E-state index in [-0.39, 0.29) is 6.04 Å². The first-order chi connectivity index (χ1) is 5.68. The van der Waals surface area contributed by atoms with Crippen LogP contribution in [0.5, 0.6) is 0 Å². The lowest BCUT2D eigenvalue weighted by Crippen LogP contribution is -2.34. The molecule has 0 saturated carbocycles. The van der Waals surface area contributed by atoms with E-state index in [9.17, 15) is 0 Å². The second kappa shape index (κ2) is 4.54. The Kier molecular flexibility index (Phi) is 3.65. The summed E-state index contributed by atoms with van der Waals surface area (Å²) in [5, 5.41) is 0. The third-order valence-electron chi connectivity index (χ3n) is 1.55. The Morgan fingerprint density at radius 3 is 2.92 bits per heavy atom. The first-order valence-electron chi connectivity index (χ1n) is 3.96. The quantitative estimate of drug-likeness (QED) is 0.746. The van der Waals surface area contributed by atoms with Crippen molar-refractivity contribution in [3.63, 3.8) is 0 Å². The van der Waals surface area contributed by atoms with Gasteiger partial charge in [0.2, 0.25) is 0 Å². The molecule has 0 aliphatic carbocycles. The van der Waals surface area contributed by atoms with Crippen molar-refractivity contribution in [2.24, 2.45) is 5.73 Å². The number of likely N-dealkylation sites (N-methyl/N-ethyl adjacent to an activating group) is 1. The molecule has 0 bridgehead atoms. The summed E-state index contributed by atoms with van der Waals surface area (Å²) in [5.41, 5.74) is 7.75. The van der Waals surface area contributed by atoms with E-state index in [1.807, 2.05) is 25.8 Å². The van der Waals surface area contributed by atoms with Gasteiger partial charge in [0.15, 0.2) is 0 Å². The van der Waals surface area contributed by atoms with Crippen LogP contribution in [-0.4, -0.2) is 36.6 Å². The van der Waals surface area contributed by atoms with Gasteiger partial charge in [-0.25, -0.2) is 0 Å². The number of nitrogens with two attached hydrogens (primary N) is 1. The summed E-state index contributed by atoms with van der Waals surface area (Å²) >= 11 is 1.67. The van der Waals surface area contributed by atoms with Crippen LogP contribution in [0.2, 0.25) is 0 Å². The van der Waals surface area contributed by atoms with Crippen molar-refractivity contribution < 1.29 is 0 Å². The fourth-order valence-electron chi connectivity index (χ4n) is 1.13. The zero-order chi connectivity index (χ0) is 8.97. The van der Waals surface area contributed by atoms with E-state index in [1.165, 1.54) is 4.88 Å². The highest BCUT2D eigenvalue weighted by Gasteiger charge is 2.05. The number of hydrogen-bond donors (Lipinski definition) is 1. The van der Waals surface area contributed by atoms with Crippen LogP contribution in [0, 0.1) is 0 Å². The maximum atomic E-state index is 5.90. The lowest BCUT2D eigenvalue weighted by atomic mass is 10.2. The van der Waals surface area contributed by atoms with Crippen LogP contribution in [0.4, 0.5) is 0 Å². The summed E-state index contributed by atoms with van der Waals surface area (Å²) in [6.07, 6.45) is 2.82. The largest absolute Gasteiger partial charge is 0.326 e. The minimum Gasteiger partial charge on any atom is -0.326 e. The average molecular weight is 185 g/mol. The summed E-state index contributed by atoms with van der Waals surface area (Å²) in [5.74, 6) is 0. The van der Waals surface area contributed by atoms with E-state index in [4.69, 9.17) is 5.73 Å². The van der Waals surface area contributed by atoms with Gasteiger partial charge in [0, 0.05) is 23.7 Å². The maximum absolute atomic E-state index is 5.90. The van der Waals surface area contributed by atoms with Crippen molar-refractivity contribution in [2.75, 3.05) is 20.6 Å². The predicted octanol–water partition coefficient (Wildman–Crippen LogP) is 0.575. The van der Waals surface area contributed by atoms with Gasteiger partial charge in [0.05, 0.1) is 5.51 Å². The van der Waals surface area contributed by atoms with Crippen molar-refractivity contribution in [1.82, 2.24) is 9.88 Å². The van der Waals surface area contributed by atoms with E-state index in [2.05, 4.69) is 9.88 Å². The van der Waals surface area contributed by atoms with Crippen molar-refractivity contribution >= 4 is 11.3 Å². The zero-order valence-electron chi connectivity index (χ0n) is 7.53. The Labute approximate surface area is 77.2 Å². The molecule has 1 atom stereocenters. The van der Waals surface area contributed by atoms with Gasteiger partial charge in [-0.1, -0.05) is 0 Å². The second-order valence-corrected chi connectivity index (χ2v) is 4.17. The monoisotopic (exact) mass is 185 g/mol. The van der Waals surface area contributed by atoms with Gasteiger partial charge in [0.1, 0.15) is 0 Å². The highest BCUT2D eigenvalue weighted by Crippen LogP contribution is 2.07. The van der Waals surface area contributed by atoms with Crippen molar-refractivity contribution in [1.29, 1.82) is 0 Å². The van der Waals surface area contributed by atoms with E-state index >= 15 is 0 Å². The summed E-state index contributed by atoms with van der Waals surface area (Å²) in [4.78, 5) is 7.37. The molecule has 0 fully saturated rings. The van der Waals surface area contributed by atoms with Gasteiger partial charge < -0.3 is 10.6 Å². The molecule has 0 spiro atoms. The van der Waals surface area contributed by atoms with Crippen LogP contribution in [0.1, 0.15) is 4.88 Å². The Morgan fingerprint density at radius 1 is 1.67 bits per heavy atom. The van der Waals surface area contributed by atoms with Crippen LogP contribution in [0.25, 0.3) is 0 Å². The first kappa shape index (κ1) is 9.64. The Balaban J connectivity index is 2.32. The fraction of sp³-hybridized carbons (Fsp3) is 0.625. The predicted molar refractivity (Wildman–Crippen MR) is 52.3 cm³/mol. The third-order valence-corrected chi connectivity index (χ3v) is 2.35. The standard InChI is InChI=1S/C8H15N3S/c1-11(2)5-7(9)3-8-4-10-6-12-8/h4,6-7H,3,5,9H2,1-2H3. The smallest absolute Gasteiger partial charge is 0.0794 e. The molecule has 12 heavy (non-hydrogen) atoms. The molecule has 1 aromatic rings. The molecule has 1 aromatic heterocycles. The minimum atomic E-state index is 0.223. The Morgan fingerprint density at radius 2 is 2.42 bits per heavy atom. The van der Waals surface area contributed by atoms with Gasteiger partial charge in [-0.3, -0.25) is 4.98 Å². The summed E-state index contributed by atoms with van der Waals surface area (Å²) in [6, 6.07) is 0.223. The average Bonchev–Trinajstić information content (AvgIpc) is 2.37. The minimum absolute atomic E-state index is 0.223. The summed E-state index contributed by atoms with van der Waals surface area (Å²) < 4.78 is 0. The Hall–Kier alpha value is -0.450. The van der Waals surface area contributed by atoms with Crippen LogP contribution in [0.15, 0.2) is 11.7 Å². The maximum Gasteiger partial charge on any atom is 0.0794 e. The molecule has 0 amide bonds. The number of rotatable bonds is 4. The highest BCUT2D eigenvalue weighted by atomic mass is 32.1. The van der Waals surface area contributed by atoms with Crippen LogP contribution in [0.3, 0.4) is 0 Å². The van der Waals surface area contributed by atoms with Gasteiger partial charge in [-0.15, -0.1) is 11.3 Å². The molecule has 1 unspecified atom stereocenters. The van der Waals surface area contributed by atoms with E-state index in [1.54, 1.807) is 11.3 Å². The van der Waals surface area contributed by atoms with Crippen LogP contribution >= 0.6 is 11.3 Å². The fourth-order valence-corrected chi connectivity index (χ4v) is 1.82. The first-order valence-corrected chi connectivity index (χ1v) is 4.84. The Bertz CT molecular complexity index is 208.